The first kappa shape index (κ1) is 37.5. The third-order valence-electron chi connectivity index (χ3n) is 6.27. The number of carbonyl (C=O) groups excluding carboxylic acids is 5. The Balaban J connectivity index is 3.08. The van der Waals surface area contributed by atoms with Gasteiger partial charge in [0, 0.05) is 6.42 Å². The predicted molar refractivity (Wildman–Crippen MR) is 154 cm³/mol. The van der Waals surface area contributed by atoms with Crippen molar-refractivity contribution >= 4 is 41.5 Å². The minimum Gasteiger partial charge on any atom is -0.481 e. The fourth-order valence-corrected chi connectivity index (χ4v) is 3.98. The number of nitrogens with one attached hydrogen (secondary N) is 4. The summed E-state index contributed by atoms with van der Waals surface area (Å²) >= 11 is 0. The quantitative estimate of drug-likeness (QED) is 0.130. The van der Waals surface area contributed by atoms with Crippen LogP contribution in [0.1, 0.15) is 58.9 Å². The molecule has 44 heavy (non-hydrogen) atoms. The molecule has 0 aromatic heterocycles. The number of hydrogen-bond acceptors (Lipinski definition) is 8. The van der Waals surface area contributed by atoms with Crippen molar-refractivity contribution in [3.8, 4) is 0 Å². The zero-order chi connectivity index (χ0) is 33.4. The van der Waals surface area contributed by atoms with Crippen LogP contribution in [0, 0.1) is 11.8 Å². The lowest BCUT2D eigenvalue weighted by Crippen LogP contribution is -2.59. The highest BCUT2D eigenvalue weighted by Crippen LogP contribution is 2.10. The molecule has 1 aromatic rings. The molecular weight excluding hydrogens is 583 g/mol. The highest BCUT2D eigenvalue weighted by molar-refractivity contribution is 5.97. The average Bonchev–Trinajstić information content (AvgIpc) is 2.95. The molecule has 1 rings (SSSR count). The highest BCUT2D eigenvalue weighted by Gasteiger charge is 2.33. The third-order valence-corrected chi connectivity index (χ3v) is 6.27. The largest absolute Gasteiger partial charge is 0.481 e. The molecule has 0 bridgehead atoms. The van der Waals surface area contributed by atoms with Gasteiger partial charge >= 0.3 is 18.0 Å². The summed E-state index contributed by atoms with van der Waals surface area (Å²) in [6.07, 6.45) is -2.55. The minimum atomic E-state index is -1.69. The van der Waals surface area contributed by atoms with Crippen LogP contribution < -0.4 is 21.3 Å². The summed E-state index contributed by atoms with van der Waals surface area (Å²) in [4.78, 5) is 86.1. The van der Waals surface area contributed by atoms with Gasteiger partial charge in [0.25, 0.3) is 0 Å². The van der Waals surface area contributed by atoms with E-state index in [4.69, 9.17) is 9.84 Å². The summed E-state index contributed by atoms with van der Waals surface area (Å²) < 4.78 is 18.1. The van der Waals surface area contributed by atoms with Gasteiger partial charge in [-0.1, -0.05) is 58.0 Å². The molecule has 4 atom stereocenters. The summed E-state index contributed by atoms with van der Waals surface area (Å²) in [7, 11) is 0. The van der Waals surface area contributed by atoms with E-state index in [9.17, 15) is 43.1 Å². The Morgan fingerprint density at radius 2 is 1.36 bits per heavy atom. The van der Waals surface area contributed by atoms with Crippen LogP contribution in [-0.2, 0) is 40.1 Å². The van der Waals surface area contributed by atoms with Crippen LogP contribution in [-0.4, -0.2) is 82.6 Å². The molecule has 0 aliphatic heterocycles. The van der Waals surface area contributed by atoms with Crippen molar-refractivity contribution in [2.75, 3.05) is 6.67 Å². The van der Waals surface area contributed by atoms with Gasteiger partial charge < -0.3 is 36.2 Å². The number of benzene rings is 1. The van der Waals surface area contributed by atoms with E-state index < -0.39 is 91.1 Å². The van der Waals surface area contributed by atoms with E-state index in [0.717, 1.165) is 0 Å². The average molecular weight is 625 g/mol. The molecule has 0 saturated heterocycles. The summed E-state index contributed by atoms with van der Waals surface area (Å²) in [6, 6.07) is 3.13. The van der Waals surface area contributed by atoms with Crippen LogP contribution in [0.5, 0.6) is 0 Å². The number of aliphatic carboxylic acids is 2. The van der Waals surface area contributed by atoms with Crippen LogP contribution >= 0.6 is 0 Å². The first-order valence-corrected chi connectivity index (χ1v) is 14.0. The first-order valence-electron chi connectivity index (χ1n) is 14.0. The number of rotatable bonds is 19. The van der Waals surface area contributed by atoms with Crippen molar-refractivity contribution < 1.29 is 52.9 Å². The van der Waals surface area contributed by atoms with Gasteiger partial charge in [-0.2, -0.15) is 0 Å². The molecule has 0 radical (unpaired) electrons. The van der Waals surface area contributed by atoms with Gasteiger partial charge in [-0.3, -0.25) is 28.8 Å². The maximum absolute atomic E-state index is 13.3. The van der Waals surface area contributed by atoms with Crippen LogP contribution in [0.15, 0.2) is 30.3 Å². The molecule has 6 N–H and O–H groups in total. The Morgan fingerprint density at radius 1 is 0.773 bits per heavy atom. The molecule has 0 spiro atoms. The zero-order valence-corrected chi connectivity index (χ0v) is 25.1. The van der Waals surface area contributed by atoms with Gasteiger partial charge in [0.15, 0.2) is 5.78 Å². The Labute approximate surface area is 254 Å². The van der Waals surface area contributed by atoms with Crippen molar-refractivity contribution in [3.05, 3.63) is 35.9 Å². The molecule has 15 heteroatoms. The van der Waals surface area contributed by atoms with Crippen LogP contribution in [0.2, 0.25) is 0 Å². The molecule has 0 fully saturated rings. The fraction of sp³-hybridized carbons (Fsp3) is 0.552. The number of carbonyl (C=O) groups is 7. The predicted octanol–water partition coefficient (Wildman–Crippen LogP) is 1.32. The second-order valence-corrected chi connectivity index (χ2v) is 10.9. The van der Waals surface area contributed by atoms with Gasteiger partial charge in [0.1, 0.15) is 37.4 Å². The maximum Gasteiger partial charge on any atom is 0.408 e. The number of carboxylic acid groups (broad SMARTS) is 2. The second-order valence-electron chi connectivity index (χ2n) is 10.9. The highest BCUT2D eigenvalue weighted by atomic mass is 19.1. The summed E-state index contributed by atoms with van der Waals surface area (Å²) in [5, 5.41) is 27.6. The molecule has 0 heterocycles. The molecule has 4 amide bonds. The molecule has 14 nitrogen and oxygen atoms in total. The van der Waals surface area contributed by atoms with E-state index in [2.05, 4.69) is 21.3 Å². The number of halogens is 1. The number of amides is 4. The number of carboxylic acids is 2. The molecule has 244 valence electrons. The number of ketones is 1. The van der Waals surface area contributed by atoms with Gasteiger partial charge in [-0.05, 0) is 30.2 Å². The fourth-order valence-electron chi connectivity index (χ4n) is 3.98. The lowest BCUT2D eigenvalue weighted by atomic mass is 10.00. The number of Topliss-reactive ketones (excluding diaryl/α,β-unsaturated/α-hetero) is 1. The molecule has 0 aliphatic carbocycles. The smallest absolute Gasteiger partial charge is 0.408 e. The van der Waals surface area contributed by atoms with E-state index in [1.165, 1.54) is 13.8 Å². The number of hydrogen-bond donors (Lipinski definition) is 6. The molecule has 0 saturated carbocycles. The zero-order valence-electron chi connectivity index (χ0n) is 25.1. The number of alkyl carbamates (subject to hydrolysis) is 1. The molecule has 1 aromatic carbocycles. The van der Waals surface area contributed by atoms with Crippen molar-refractivity contribution in [3.63, 3.8) is 0 Å². The lowest BCUT2D eigenvalue weighted by molar-refractivity contribution is -0.141. The van der Waals surface area contributed by atoms with E-state index in [-0.39, 0.29) is 25.4 Å². The summed E-state index contributed by atoms with van der Waals surface area (Å²) in [6.45, 7) is 5.07. The Bertz CT molecular complexity index is 1160. The number of alkyl halides is 1. The Morgan fingerprint density at radius 3 is 1.89 bits per heavy atom. The first-order chi connectivity index (χ1) is 20.6. The summed E-state index contributed by atoms with van der Waals surface area (Å²) in [5.41, 5.74) is 0.713. The van der Waals surface area contributed by atoms with Gasteiger partial charge in [-0.15, -0.1) is 0 Å². The van der Waals surface area contributed by atoms with Gasteiger partial charge in [-0.25, -0.2) is 9.18 Å². The van der Waals surface area contributed by atoms with Crippen molar-refractivity contribution in [2.24, 2.45) is 11.8 Å². The van der Waals surface area contributed by atoms with Gasteiger partial charge in [0.2, 0.25) is 17.7 Å². The number of ether oxygens (including phenoxy) is 1. The van der Waals surface area contributed by atoms with Crippen LogP contribution in [0.25, 0.3) is 0 Å². The van der Waals surface area contributed by atoms with E-state index in [1.54, 1.807) is 44.2 Å². The van der Waals surface area contributed by atoms with E-state index in [1.807, 2.05) is 0 Å². The van der Waals surface area contributed by atoms with Crippen molar-refractivity contribution in [2.45, 2.75) is 84.2 Å². The van der Waals surface area contributed by atoms with Crippen LogP contribution in [0.3, 0.4) is 0 Å². The molecular formula is C29H41FN4O10. The normalized spacial score (nSPS) is 13.6. The SMILES string of the molecule is CC(C)C[C@H](NC(=O)OCc1ccccc1)C(=O)N[C@@H](CCC(=O)O)C(=O)N[C@H](C(=O)N[C@@H](CC(=O)O)C(=O)CF)C(C)C. The Hall–Kier alpha value is -4.56. The van der Waals surface area contributed by atoms with E-state index in [0.29, 0.717) is 5.56 Å². The summed E-state index contributed by atoms with van der Waals surface area (Å²) in [5.74, 6) is -7.36. The second kappa shape index (κ2) is 18.9. The van der Waals surface area contributed by atoms with Gasteiger partial charge in [0.05, 0.1) is 6.42 Å². The molecule has 0 unspecified atom stereocenters. The third kappa shape index (κ3) is 14.1. The monoisotopic (exact) mass is 624 g/mol. The Kier molecular flexibility index (Phi) is 16.1. The standard InChI is InChI=1S/C29H41FN4O10/c1-16(2)12-21(33-29(43)44-15-18-8-6-5-7-9-18)27(41)31-19(10-11-23(36)37)26(40)34-25(17(3)4)28(42)32-20(13-24(38)39)22(35)14-30/h5-9,16-17,19-21,25H,10-15H2,1-4H3,(H,31,41)(H,32,42)(H,33,43)(H,34,40)(H,36,37)(H,38,39)/t19-,20-,21-,25-/m0/s1. The van der Waals surface area contributed by atoms with E-state index >= 15 is 0 Å². The topological polar surface area (TPSA) is 217 Å². The minimum absolute atomic E-state index is 0.0603. The maximum atomic E-state index is 13.3. The molecule has 0 aliphatic rings. The van der Waals surface area contributed by atoms with Crippen molar-refractivity contribution in [1.29, 1.82) is 0 Å². The van der Waals surface area contributed by atoms with Crippen LogP contribution in [0.4, 0.5) is 9.18 Å². The van der Waals surface area contributed by atoms with Crippen molar-refractivity contribution in [1.82, 2.24) is 21.3 Å². The lowest BCUT2D eigenvalue weighted by Gasteiger charge is -2.28.